The highest BCUT2D eigenvalue weighted by Crippen LogP contribution is 2.49. The van der Waals surface area contributed by atoms with E-state index in [-0.39, 0.29) is 11.8 Å². The van der Waals surface area contributed by atoms with Gasteiger partial charge in [0.15, 0.2) is 0 Å². The molecular formula is C40H28N2O3. The second-order valence-corrected chi connectivity index (χ2v) is 11.2. The first-order chi connectivity index (χ1) is 22.1. The Kier molecular flexibility index (Phi) is 6.31. The molecule has 0 unspecified atom stereocenters. The number of fused-ring (bicyclic) bond motifs is 5. The molecule has 5 nitrogen and oxygen atoms in total. The molecule has 5 heteroatoms. The van der Waals surface area contributed by atoms with E-state index >= 15 is 0 Å². The predicted octanol–water partition coefficient (Wildman–Crippen LogP) is 9.05. The number of aromatic nitrogens is 1. The van der Waals surface area contributed by atoms with Gasteiger partial charge in [-0.3, -0.25) is 9.59 Å². The fourth-order valence-electron chi connectivity index (χ4n) is 6.63. The van der Waals surface area contributed by atoms with Gasteiger partial charge in [-0.2, -0.15) is 0 Å². The zero-order valence-electron chi connectivity index (χ0n) is 24.6. The van der Waals surface area contributed by atoms with Crippen LogP contribution >= 0.6 is 0 Å². The van der Waals surface area contributed by atoms with Gasteiger partial charge in [0.25, 0.3) is 11.8 Å². The van der Waals surface area contributed by atoms with Crippen LogP contribution in [0.15, 0.2) is 140 Å². The van der Waals surface area contributed by atoms with Crippen LogP contribution in [-0.2, 0) is 13.7 Å². The predicted molar refractivity (Wildman–Crippen MR) is 180 cm³/mol. The lowest BCUT2D eigenvalue weighted by Gasteiger charge is -2.17. The Morgan fingerprint density at radius 1 is 0.578 bits per heavy atom. The van der Waals surface area contributed by atoms with E-state index < -0.39 is 0 Å². The van der Waals surface area contributed by atoms with Crippen molar-refractivity contribution in [3.63, 3.8) is 0 Å². The average Bonchev–Trinajstić information content (AvgIpc) is 3.53. The molecule has 0 radical (unpaired) electrons. The summed E-state index contributed by atoms with van der Waals surface area (Å²) in [5.74, 6) is 0.0383. The number of amides is 2. The van der Waals surface area contributed by atoms with Crippen molar-refractivity contribution in [2.24, 2.45) is 7.05 Å². The monoisotopic (exact) mass is 584 g/mol. The van der Waals surface area contributed by atoms with E-state index in [1.54, 1.807) is 12.1 Å². The van der Waals surface area contributed by atoms with Gasteiger partial charge < -0.3 is 9.30 Å². The van der Waals surface area contributed by atoms with Crippen molar-refractivity contribution < 1.29 is 14.3 Å². The molecule has 2 amide bonds. The van der Waals surface area contributed by atoms with Crippen LogP contribution < -0.4 is 9.64 Å². The normalized spacial score (nSPS) is 12.7. The molecule has 1 aromatic heterocycles. The van der Waals surface area contributed by atoms with E-state index in [9.17, 15) is 9.59 Å². The van der Waals surface area contributed by atoms with E-state index in [1.807, 2.05) is 122 Å². The van der Waals surface area contributed by atoms with Crippen LogP contribution in [0.5, 0.6) is 5.75 Å². The minimum Gasteiger partial charge on any atom is -0.489 e. The molecule has 2 heterocycles. The Hall–Kier alpha value is -5.94. The van der Waals surface area contributed by atoms with Crippen LogP contribution in [0.2, 0.25) is 0 Å². The van der Waals surface area contributed by atoms with E-state index in [0.717, 1.165) is 49.6 Å². The lowest BCUT2D eigenvalue weighted by atomic mass is 9.85. The number of hydrogen-bond acceptors (Lipinski definition) is 3. The first-order valence-electron chi connectivity index (χ1n) is 15.0. The zero-order valence-corrected chi connectivity index (χ0v) is 24.6. The molecule has 45 heavy (non-hydrogen) atoms. The average molecular weight is 585 g/mol. The Bertz CT molecular complexity index is 2240. The molecule has 0 saturated heterocycles. The number of imide groups is 1. The third-order valence-electron chi connectivity index (χ3n) is 8.63. The first kappa shape index (κ1) is 26.7. The quantitative estimate of drug-likeness (QED) is 0.183. The highest BCUT2D eigenvalue weighted by molar-refractivity contribution is 6.42. The van der Waals surface area contributed by atoms with Crippen molar-refractivity contribution >= 4 is 39.3 Å². The smallest absolute Gasteiger partial charge is 0.266 e. The maximum atomic E-state index is 14.6. The summed E-state index contributed by atoms with van der Waals surface area (Å²) in [5.41, 5.74) is 7.80. The van der Waals surface area contributed by atoms with E-state index in [4.69, 9.17) is 4.74 Å². The van der Waals surface area contributed by atoms with Crippen LogP contribution in [0.1, 0.15) is 26.3 Å². The molecule has 0 bridgehead atoms. The number of nitrogens with zero attached hydrogens (tertiary/aromatic N) is 2. The van der Waals surface area contributed by atoms with Crippen LogP contribution in [0, 0.1) is 0 Å². The summed E-state index contributed by atoms with van der Waals surface area (Å²) in [4.78, 5) is 30.5. The summed E-state index contributed by atoms with van der Waals surface area (Å²) in [5, 5.41) is 1.62. The van der Waals surface area contributed by atoms with Gasteiger partial charge in [0.2, 0.25) is 0 Å². The van der Waals surface area contributed by atoms with Crippen LogP contribution in [-0.4, -0.2) is 16.4 Å². The van der Waals surface area contributed by atoms with Gasteiger partial charge >= 0.3 is 0 Å². The van der Waals surface area contributed by atoms with Crippen LogP contribution in [0.4, 0.5) is 5.69 Å². The summed E-state index contributed by atoms with van der Waals surface area (Å²) in [7, 11) is 2.03. The second-order valence-electron chi connectivity index (χ2n) is 11.2. The van der Waals surface area contributed by atoms with Crippen molar-refractivity contribution in [2.75, 3.05) is 4.90 Å². The number of ether oxygens (including phenoxy) is 1. The Morgan fingerprint density at radius 2 is 1.13 bits per heavy atom. The summed E-state index contributed by atoms with van der Waals surface area (Å²) in [6, 6.07) is 45.2. The van der Waals surface area contributed by atoms with Gasteiger partial charge in [0, 0.05) is 34.5 Å². The topological polar surface area (TPSA) is 51.5 Å². The zero-order chi connectivity index (χ0) is 30.5. The molecule has 216 valence electrons. The number of rotatable bonds is 6. The number of para-hydroxylation sites is 1. The van der Waals surface area contributed by atoms with E-state index in [0.29, 0.717) is 29.2 Å². The maximum absolute atomic E-state index is 14.6. The summed E-state index contributed by atoms with van der Waals surface area (Å²) in [6.45, 7) is 0.418. The van der Waals surface area contributed by atoms with Gasteiger partial charge in [0.05, 0.1) is 22.3 Å². The number of carbonyl (C=O) groups is 2. The van der Waals surface area contributed by atoms with Gasteiger partial charge in [-0.15, -0.1) is 0 Å². The van der Waals surface area contributed by atoms with Crippen LogP contribution in [0.3, 0.4) is 0 Å². The second kappa shape index (κ2) is 10.6. The van der Waals surface area contributed by atoms with E-state index in [2.05, 4.69) is 16.7 Å². The molecule has 0 atom stereocenters. The number of carbonyl (C=O) groups excluding carboxylic acids is 2. The first-order valence-corrected chi connectivity index (χ1v) is 15.0. The molecule has 0 spiro atoms. The number of anilines is 1. The lowest BCUT2D eigenvalue weighted by Crippen LogP contribution is -2.29. The van der Waals surface area contributed by atoms with Crippen molar-refractivity contribution in [3.05, 3.63) is 156 Å². The number of hydrogen-bond donors (Lipinski definition) is 0. The van der Waals surface area contributed by atoms with Crippen molar-refractivity contribution in [1.82, 2.24) is 4.57 Å². The molecule has 0 saturated carbocycles. The van der Waals surface area contributed by atoms with Crippen molar-refractivity contribution in [2.45, 2.75) is 6.61 Å². The molecule has 1 aliphatic heterocycles. The highest BCUT2D eigenvalue weighted by Gasteiger charge is 2.43. The molecule has 8 rings (SSSR count). The summed E-state index contributed by atoms with van der Waals surface area (Å²) in [6.07, 6.45) is 0. The Labute approximate surface area is 260 Å². The van der Waals surface area contributed by atoms with Crippen molar-refractivity contribution in [1.29, 1.82) is 0 Å². The largest absolute Gasteiger partial charge is 0.489 e. The van der Waals surface area contributed by atoms with Crippen LogP contribution in [0.25, 0.3) is 44.1 Å². The number of aryl methyl sites for hydroxylation is 1. The third-order valence-corrected chi connectivity index (χ3v) is 8.63. The van der Waals surface area contributed by atoms with Gasteiger partial charge in [0.1, 0.15) is 12.4 Å². The highest BCUT2D eigenvalue weighted by atomic mass is 16.5. The summed E-state index contributed by atoms with van der Waals surface area (Å²) < 4.78 is 8.40. The fraction of sp³-hybridized carbons (Fsp3) is 0.0500. The molecular weight excluding hydrogens is 556 g/mol. The SMILES string of the molecule is Cn1c2ccc(OCc3ccccc3)cc2c2c3c(c(-c4ccccc4)c(-c4ccccc4)c21)C(=O)N(c1ccccc1)C3=O. The molecule has 6 aromatic carbocycles. The standard InChI is InChI=1S/C40H28N2O3/c1-41-32-23-22-30(45-25-26-14-6-2-7-15-26)24-31(32)35-37-36(39(43)42(40(37)44)29-20-12-5-13-21-29)33(27-16-8-3-9-17-27)34(38(35)41)28-18-10-4-11-19-28/h2-24H,25H2,1H3. The fourth-order valence-corrected chi connectivity index (χ4v) is 6.63. The van der Waals surface area contributed by atoms with Gasteiger partial charge in [-0.05, 0) is 47.0 Å². The number of benzene rings is 6. The molecule has 0 aliphatic carbocycles. The molecule has 7 aromatic rings. The Morgan fingerprint density at radius 3 is 1.78 bits per heavy atom. The van der Waals surface area contributed by atoms with E-state index in [1.165, 1.54) is 4.90 Å². The van der Waals surface area contributed by atoms with Gasteiger partial charge in [-0.1, -0.05) is 109 Å². The lowest BCUT2D eigenvalue weighted by molar-refractivity contribution is 0.0927. The molecule has 1 aliphatic rings. The maximum Gasteiger partial charge on any atom is 0.266 e. The van der Waals surface area contributed by atoms with Crippen molar-refractivity contribution in [3.8, 4) is 28.0 Å². The molecule has 0 N–H and O–H groups in total. The summed E-state index contributed by atoms with van der Waals surface area (Å²) >= 11 is 0. The minimum atomic E-state index is -0.328. The Balaban J connectivity index is 1.48. The minimum absolute atomic E-state index is 0.326. The van der Waals surface area contributed by atoms with Gasteiger partial charge in [-0.25, -0.2) is 4.90 Å². The molecule has 0 fully saturated rings. The third kappa shape index (κ3) is 4.24.